The van der Waals surface area contributed by atoms with Gasteiger partial charge in [0.1, 0.15) is 28.5 Å². The maximum atomic E-state index is 13.1. The molecule has 4 aromatic rings. The fraction of sp³-hybridized carbons (Fsp3) is 0.433. The molecule has 3 fully saturated rings. The van der Waals surface area contributed by atoms with Gasteiger partial charge in [-0.1, -0.05) is 28.6 Å². The Labute approximate surface area is 248 Å². The van der Waals surface area contributed by atoms with Gasteiger partial charge >= 0.3 is 12.3 Å². The average Bonchev–Trinajstić information content (AvgIpc) is 3.48. The van der Waals surface area contributed by atoms with Crippen LogP contribution in [0.5, 0.6) is 11.5 Å². The van der Waals surface area contributed by atoms with Gasteiger partial charge in [0, 0.05) is 29.1 Å². The van der Waals surface area contributed by atoms with Crippen molar-refractivity contribution in [3.63, 3.8) is 0 Å². The number of methoxy groups -OCH3 is 1. The number of fused-ring (bicyclic) bond motifs is 3. The molecule has 1 aliphatic carbocycles. The van der Waals surface area contributed by atoms with E-state index in [9.17, 15) is 23.1 Å². The van der Waals surface area contributed by atoms with Crippen LogP contribution in [-0.4, -0.2) is 52.9 Å². The first-order valence-electron chi connectivity index (χ1n) is 14.1. The molecule has 2 aliphatic heterocycles. The van der Waals surface area contributed by atoms with E-state index in [0.29, 0.717) is 28.3 Å². The van der Waals surface area contributed by atoms with E-state index >= 15 is 0 Å². The predicted octanol–water partition coefficient (Wildman–Crippen LogP) is 7.15. The summed E-state index contributed by atoms with van der Waals surface area (Å²) in [5.41, 5.74) is 1.99. The number of thiazole rings is 1. The van der Waals surface area contributed by atoms with Crippen LogP contribution in [0, 0.1) is 0 Å². The number of alkyl halides is 3. The normalized spacial score (nSPS) is 21.9. The zero-order chi connectivity index (χ0) is 29.9. The summed E-state index contributed by atoms with van der Waals surface area (Å²) in [5.74, 6) is -0.0691. The Balaban J connectivity index is 1.11. The van der Waals surface area contributed by atoms with Gasteiger partial charge in [-0.25, -0.2) is 9.78 Å². The van der Waals surface area contributed by atoms with E-state index in [1.54, 1.807) is 18.2 Å². The number of nitrogens with zero attached hydrogens (tertiary/aromatic N) is 3. The molecule has 4 heterocycles. The van der Waals surface area contributed by atoms with Crippen molar-refractivity contribution in [1.29, 1.82) is 0 Å². The number of rotatable bonds is 9. The van der Waals surface area contributed by atoms with E-state index in [2.05, 4.69) is 14.8 Å². The second-order valence-electron chi connectivity index (χ2n) is 11.2. The first-order valence-corrected chi connectivity index (χ1v) is 15.0. The smallest absolute Gasteiger partial charge is 0.494 e. The third kappa shape index (κ3) is 5.40. The second kappa shape index (κ2) is 10.7. The maximum Gasteiger partial charge on any atom is 0.573 e. The first-order chi connectivity index (χ1) is 20.7. The van der Waals surface area contributed by atoms with E-state index in [0.717, 1.165) is 48.4 Å². The van der Waals surface area contributed by atoms with Gasteiger partial charge in [0.2, 0.25) is 0 Å². The molecule has 2 aromatic carbocycles. The van der Waals surface area contributed by atoms with E-state index < -0.39 is 12.3 Å². The Morgan fingerprint density at radius 1 is 1.12 bits per heavy atom. The zero-order valence-corrected chi connectivity index (χ0v) is 23.9. The first kappa shape index (κ1) is 28.0. The molecule has 3 aliphatic rings. The third-order valence-electron chi connectivity index (χ3n) is 8.42. The van der Waals surface area contributed by atoms with Crippen molar-refractivity contribution in [2.75, 3.05) is 12.0 Å². The quantitative estimate of drug-likeness (QED) is 0.210. The number of ether oxygens (including phenoxy) is 3. The number of hydrogen-bond donors (Lipinski definition) is 1. The van der Waals surface area contributed by atoms with Gasteiger partial charge in [-0.3, -0.25) is 0 Å². The summed E-state index contributed by atoms with van der Waals surface area (Å²) in [7, 11) is 1.50. The summed E-state index contributed by atoms with van der Waals surface area (Å²) in [6.45, 7) is 0.172. The number of aromatic nitrogens is 2. The van der Waals surface area contributed by atoms with Crippen molar-refractivity contribution >= 4 is 32.7 Å². The highest BCUT2D eigenvalue weighted by Crippen LogP contribution is 2.47. The van der Waals surface area contributed by atoms with Crippen molar-refractivity contribution in [2.24, 2.45) is 0 Å². The van der Waals surface area contributed by atoms with Crippen LogP contribution in [0.25, 0.3) is 21.5 Å². The number of carboxylic acids is 1. The number of para-hydroxylation sites is 1. The third-order valence-corrected chi connectivity index (χ3v) is 9.44. The lowest BCUT2D eigenvalue weighted by Gasteiger charge is -2.38. The van der Waals surface area contributed by atoms with Gasteiger partial charge in [0.05, 0.1) is 30.1 Å². The van der Waals surface area contributed by atoms with Gasteiger partial charge in [-0.2, -0.15) is 0 Å². The Morgan fingerprint density at radius 2 is 1.86 bits per heavy atom. The summed E-state index contributed by atoms with van der Waals surface area (Å²) in [6.07, 6.45) is 0.451. The molecule has 1 N–H and O–H groups in total. The van der Waals surface area contributed by atoms with Crippen LogP contribution in [0.3, 0.4) is 0 Å². The Morgan fingerprint density at radius 3 is 2.53 bits per heavy atom. The lowest BCUT2D eigenvalue weighted by Crippen LogP contribution is -2.45. The minimum Gasteiger partial charge on any atom is -0.494 e. The fourth-order valence-electron chi connectivity index (χ4n) is 6.37. The lowest BCUT2D eigenvalue weighted by atomic mass is 10.00. The molecule has 226 valence electrons. The highest BCUT2D eigenvalue weighted by atomic mass is 32.1. The zero-order valence-electron chi connectivity index (χ0n) is 23.1. The molecular weight excluding hydrogens is 587 g/mol. The molecule has 1 unspecified atom stereocenters. The van der Waals surface area contributed by atoms with E-state index in [4.69, 9.17) is 19.0 Å². The molecule has 2 aromatic heterocycles. The molecule has 2 saturated heterocycles. The molecule has 0 radical (unpaired) electrons. The van der Waals surface area contributed by atoms with E-state index in [-0.39, 0.29) is 47.6 Å². The molecule has 13 heteroatoms. The van der Waals surface area contributed by atoms with Gasteiger partial charge in [-0.05, 0) is 62.8 Å². The summed E-state index contributed by atoms with van der Waals surface area (Å²) in [6, 6.07) is 9.45. The van der Waals surface area contributed by atoms with Gasteiger partial charge < -0.3 is 28.7 Å². The van der Waals surface area contributed by atoms with Crippen molar-refractivity contribution < 1.29 is 41.8 Å². The average molecular weight is 616 g/mol. The number of carbonyl (C=O) groups is 1. The number of halogens is 3. The second-order valence-corrected chi connectivity index (χ2v) is 12.2. The topological polar surface area (TPSA) is 107 Å². The predicted molar refractivity (Wildman–Crippen MR) is 151 cm³/mol. The minimum atomic E-state index is -4.84. The molecule has 9 nitrogen and oxygen atoms in total. The molecular formula is C30H28F3N3O6S. The SMILES string of the molecule is COc1cc(C(=O)O)cc2sc(N3[C@@H]4CC[C@H]3CC(OCc3c(-c5ccccc5OC(F)(F)F)noc3C3CC3)C4)nc12. The van der Waals surface area contributed by atoms with Crippen LogP contribution in [0.1, 0.15) is 66.1 Å². The van der Waals surface area contributed by atoms with Gasteiger partial charge in [0.15, 0.2) is 5.13 Å². The van der Waals surface area contributed by atoms with Gasteiger partial charge in [-0.15, -0.1) is 13.2 Å². The number of anilines is 1. The Kier molecular flexibility index (Phi) is 6.96. The van der Waals surface area contributed by atoms with Crippen LogP contribution in [-0.2, 0) is 11.3 Å². The van der Waals surface area contributed by atoms with Crippen LogP contribution in [0.15, 0.2) is 40.9 Å². The molecule has 0 amide bonds. The van der Waals surface area contributed by atoms with Crippen molar-refractivity contribution in [3.8, 4) is 22.8 Å². The Bertz CT molecular complexity index is 1670. The molecule has 43 heavy (non-hydrogen) atoms. The number of aromatic carboxylic acids is 1. The maximum absolute atomic E-state index is 13.1. The summed E-state index contributed by atoms with van der Waals surface area (Å²) in [4.78, 5) is 18.8. The summed E-state index contributed by atoms with van der Waals surface area (Å²) in [5, 5.41) is 14.5. The highest BCUT2D eigenvalue weighted by Gasteiger charge is 2.43. The van der Waals surface area contributed by atoms with Crippen LogP contribution < -0.4 is 14.4 Å². The number of hydrogen-bond acceptors (Lipinski definition) is 9. The molecule has 3 atom stereocenters. The number of carboxylic acid groups (broad SMARTS) is 1. The van der Waals surface area contributed by atoms with Gasteiger partial charge in [0.25, 0.3) is 0 Å². The minimum absolute atomic E-state index is 0.0623. The van der Waals surface area contributed by atoms with E-state index in [1.165, 1.54) is 36.6 Å². The molecule has 0 spiro atoms. The van der Waals surface area contributed by atoms with Crippen LogP contribution in [0.4, 0.5) is 18.3 Å². The highest BCUT2D eigenvalue weighted by molar-refractivity contribution is 7.22. The molecule has 7 rings (SSSR count). The largest absolute Gasteiger partial charge is 0.573 e. The lowest BCUT2D eigenvalue weighted by molar-refractivity contribution is -0.274. The van der Waals surface area contributed by atoms with Crippen molar-refractivity contribution in [2.45, 2.75) is 75.6 Å². The Hall–Kier alpha value is -3.84. The summed E-state index contributed by atoms with van der Waals surface area (Å²) < 4.78 is 62.0. The number of piperidine rings is 1. The number of benzene rings is 2. The van der Waals surface area contributed by atoms with Crippen LogP contribution >= 0.6 is 11.3 Å². The standard InChI is InChI=1S/C30H28F3N3O6S/c1-39-23-10-16(28(37)38)11-24-26(23)34-29(43-24)36-17-8-9-18(36)13-19(12-17)40-14-21-25(35-42-27(21)15-6-7-15)20-4-2-3-5-22(20)41-30(31,32)33/h2-5,10-11,15,17-19H,6-9,12-14H2,1H3,(H,37,38)/t17-,18+,19?. The fourth-order valence-corrected chi connectivity index (χ4v) is 7.53. The van der Waals surface area contributed by atoms with E-state index in [1.807, 2.05) is 0 Å². The van der Waals surface area contributed by atoms with Crippen LogP contribution in [0.2, 0.25) is 0 Å². The summed E-state index contributed by atoms with van der Waals surface area (Å²) >= 11 is 1.46. The molecule has 1 saturated carbocycles. The van der Waals surface area contributed by atoms with Crippen molar-refractivity contribution in [3.05, 3.63) is 53.3 Å². The molecule has 2 bridgehead atoms. The monoisotopic (exact) mass is 615 g/mol. The van der Waals surface area contributed by atoms with Crippen molar-refractivity contribution in [1.82, 2.24) is 10.1 Å².